The maximum atomic E-state index is 3.76. The van der Waals surface area contributed by atoms with E-state index in [9.17, 15) is 0 Å². The third-order valence-electron chi connectivity index (χ3n) is 5.70. The largest absolute Gasteiger partial charge is 0.313 e. The smallest absolute Gasteiger partial charge is 0.0197 e. The summed E-state index contributed by atoms with van der Waals surface area (Å²) in [7, 11) is 0. The molecule has 2 nitrogen and oxygen atoms in total. The van der Waals surface area contributed by atoms with E-state index in [0.717, 1.165) is 29.7 Å². The second-order valence-electron chi connectivity index (χ2n) is 7.83. The minimum Gasteiger partial charge on any atom is -0.313 e. The quantitative estimate of drug-likeness (QED) is 0.839. The average Bonchev–Trinajstić information content (AvgIpc) is 2.89. The summed E-state index contributed by atoms with van der Waals surface area (Å²) in [6.45, 7) is 9.96. The maximum Gasteiger partial charge on any atom is 0.0197 e. The molecule has 1 saturated heterocycles. The Bertz CT molecular complexity index is 289. The number of nitrogens with one attached hydrogen (secondary N) is 1. The van der Waals surface area contributed by atoms with Crippen molar-refractivity contribution in [2.45, 2.75) is 58.4 Å². The van der Waals surface area contributed by atoms with Crippen molar-refractivity contribution >= 4 is 0 Å². The van der Waals surface area contributed by atoms with E-state index in [4.69, 9.17) is 0 Å². The van der Waals surface area contributed by atoms with Gasteiger partial charge in [-0.3, -0.25) is 0 Å². The molecule has 2 bridgehead atoms. The van der Waals surface area contributed by atoms with Crippen molar-refractivity contribution < 1.29 is 0 Å². The van der Waals surface area contributed by atoms with Gasteiger partial charge in [0.05, 0.1) is 0 Å². The molecule has 0 radical (unpaired) electrons. The first-order valence-electron chi connectivity index (χ1n) is 8.66. The minimum atomic E-state index is 0.737. The molecule has 4 atom stereocenters. The van der Waals surface area contributed by atoms with Gasteiger partial charge in [0.2, 0.25) is 0 Å². The van der Waals surface area contributed by atoms with Gasteiger partial charge < -0.3 is 10.2 Å². The van der Waals surface area contributed by atoms with Crippen LogP contribution in [0.1, 0.15) is 52.4 Å². The van der Waals surface area contributed by atoms with Crippen molar-refractivity contribution in [1.82, 2.24) is 10.2 Å². The van der Waals surface area contributed by atoms with Crippen LogP contribution in [0.5, 0.6) is 0 Å². The molecule has 2 saturated carbocycles. The van der Waals surface area contributed by atoms with Gasteiger partial charge >= 0.3 is 0 Å². The Morgan fingerprint density at radius 1 is 1.21 bits per heavy atom. The molecular weight excluding hydrogens is 232 g/mol. The lowest BCUT2D eigenvalue weighted by Crippen LogP contribution is -2.41. The van der Waals surface area contributed by atoms with Crippen LogP contribution in [0.3, 0.4) is 0 Å². The van der Waals surface area contributed by atoms with Gasteiger partial charge in [0, 0.05) is 19.1 Å². The fraction of sp³-hybridized carbons (Fsp3) is 1.00. The molecule has 2 heteroatoms. The molecule has 3 rings (SSSR count). The molecule has 110 valence electrons. The highest BCUT2D eigenvalue weighted by Gasteiger charge is 2.40. The Labute approximate surface area is 119 Å². The molecule has 3 fully saturated rings. The fourth-order valence-corrected chi connectivity index (χ4v) is 4.90. The van der Waals surface area contributed by atoms with Gasteiger partial charge in [0.15, 0.2) is 0 Å². The molecule has 1 heterocycles. The Balaban J connectivity index is 1.51. The lowest BCUT2D eigenvalue weighted by atomic mass is 9.88. The van der Waals surface area contributed by atoms with Crippen molar-refractivity contribution in [1.29, 1.82) is 0 Å². The summed E-state index contributed by atoms with van der Waals surface area (Å²) in [5.74, 6) is 4.05. The Kier molecular flexibility index (Phi) is 4.48. The van der Waals surface area contributed by atoms with E-state index in [1.54, 1.807) is 19.3 Å². The van der Waals surface area contributed by atoms with Crippen LogP contribution < -0.4 is 5.32 Å². The summed E-state index contributed by atoms with van der Waals surface area (Å²) in [6, 6.07) is 0.737. The highest BCUT2D eigenvalue weighted by atomic mass is 15.2. The van der Waals surface area contributed by atoms with E-state index in [0.29, 0.717) is 0 Å². The van der Waals surface area contributed by atoms with Crippen LogP contribution in [0.15, 0.2) is 0 Å². The zero-order valence-electron chi connectivity index (χ0n) is 12.9. The monoisotopic (exact) mass is 264 g/mol. The highest BCUT2D eigenvalue weighted by molar-refractivity contribution is 4.92. The van der Waals surface area contributed by atoms with E-state index >= 15 is 0 Å². The van der Waals surface area contributed by atoms with Crippen LogP contribution in [0, 0.1) is 23.7 Å². The van der Waals surface area contributed by atoms with Crippen molar-refractivity contribution in [3.05, 3.63) is 0 Å². The van der Waals surface area contributed by atoms with Crippen molar-refractivity contribution in [3.8, 4) is 0 Å². The molecule has 1 N–H and O–H groups in total. The van der Waals surface area contributed by atoms with Gasteiger partial charge in [-0.2, -0.15) is 0 Å². The van der Waals surface area contributed by atoms with Crippen LogP contribution in [0.2, 0.25) is 0 Å². The van der Waals surface area contributed by atoms with Crippen LogP contribution >= 0.6 is 0 Å². The van der Waals surface area contributed by atoms with Gasteiger partial charge in [-0.1, -0.05) is 20.3 Å². The van der Waals surface area contributed by atoms with Gasteiger partial charge in [0.25, 0.3) is 0 Å². The van der Waals surface area contributed by atoms with Gasteiger partial charge in [-0.15, -0.1) is 0 Å². The number of hydrogen-bond donors (Lipinski definition) is 1. The molecule has 0 amide bonds. The normalized spacial score (nSPS) is 39.9. The summed E-state index contributed by atoms with van der Waals surface area (Å²) in [4.78, 5) is 2.79. The lowest BCUT2D eigenvalue weighted by molar-refractivity contribution is 0.183. The lowest BCUT2D eigenvalue weighted by Gasteiger charge is -2.31. The van der Waals surface area contributed by atoms with Gasteiger partial charge in [0.1, 0.15) is 0 Å². The SMILES string of the molecule is CC(C)CC1CN(CC2CC3CCC2C3)CCCN1. The molecule has 0 aromatic heterocycles. The zero-order chi connectivity index (χ0) is 13.2. The molecule has 0 aromatic carbocycles. The van der Waals surface area contributed by atoms with E-state index < -0.39 is 0 Å². The van der Waals surface area contributed by atoms with Gasteiger partial charge in [-0.05, 0) is 68.9 Å². The van der Waals surface area contributed by atoms with E-state index in [1.165, 1.54) is 45.4 Å². The molecule has 19 heavy (non-hydrogen) atoms. The molecule has 0 spiro atoms. The molecular formula is C17H32N2. The number of hydrogen-bond acceptors (Lipinski definition) is 2. The molecule has 4 unspecified atom stereocenters. The Morgan fingerprint density at radius 2 is 2.11 bits per heavy atom. The maximum absolute atomic E-state index is 3.76. The second kappa shape index (κ2) is 6.13. The van der Waals surface area contributed by atoms with Gasteiger partial charge in [-0.25, -0.2) is 0 Å². The second-order valence-corrected chi connectivity index (χ2v) is 7.83. The van der Waals surface area contributed by atoms with Crippen molar-refractivity contribution in [3.63, 3.8) is 0 Å². The molecule has 0 aromatic rings. The highest BCUT2D eigenvalue weighted by Crippen LogP contribution is 2.48. The predicted octanol–water partition coefficient (Wildman–Crippen LogP) is 3.13. The molecule has 2 aliphatic carbocycles. The average molecular weight is 264 g/mol. The fourth-order valence-electron chi connectivity index (χ4n) is 4.90. The van der Waals surface area contributed by atoms with Crippen LogP contribution in [0.25, 0.3) is 0 Å². The Hall–Kier alpha value is -0.0800. The molecule has 3 aliphatic rings. The van der Waals surface area contributed by atoms with Crippen LogP contribution in [-0.2, 0) is 0 Å². The molecule has 1 aliphatic heterocycles. The summed E-state index contributed by atoms with van der Waals surface area (Å²) < 4.78 is 0. The van der Waals surface area contributed by atoms with Crippen molar-refractivity contribution in [2.24, 2.45) is 23.7 Å². The van der Waals surface area contributed by atoms with E-state index in [1.807, 2.05) is 0 Å². The van der Waals surface area contributed by atoms with E-state index in [-0.39, 0.29) is 0 Å². The first-order valence-corrected chi connectivity index (χ1v) is 8.66. The first kappa shape index (κ1) is 13.9. The summed E-state index contributed by atoms with van der Waals surface area (Å²) in [5.41, 5.74) is 0. The Morgan fingerprint density at radius 3 is 2.79 bits per heavy atom. The third-order valence-corrected chi connectivity index (χ3v) is 5.70. The number of fused-ring (bicyclic) bond motifs is 2. The van der Waals surface area contributed by atoms with Crippen molar-refractivity contribution in [2.75, 3.05) is 26.2 Å². The standard InChI is InChI=1S/C17H32N2/c1-13(2)8-17-12-19(7-3-6-18-17)11-16-10-14-4-5-15(16)9-14/h13-18H,3-12H2,1-2H3. The minimum absolute atomic E-state index is 0.737. The van der Waals surface area contributed by atoms with E-state index in [2.05, 4.69) is 24.1 Å². The summed E-state index contributed by atoms with van der Waals surface area (Å²) >= 11 is 0. The number of rotatable bonds is 4. The summed E-state index contributed by atoms with van der Waals surface area (Å²) in [6.07, 6.45) is 8.87. The third kappa shape index (κ3) is 3.52. The predicted molar refractivity (Wildman–Crippen MR) is 81.2 cm³/mol. The number of nitrogens with zero attached hydrogens (tertiary/aromatic N) is 1. The first-order chi connectivity index (χ1) is 9.20. The topological polar surface area (TPSA) is 15.3 Å². The van der Waals surface area contributed by atoms with Crippen LogP contribution in [-0.4, -0.2) is 37.1 Å². The zero-order valence-corrected chi connectivity index (χ0v) is 12.9. The van der Waals surface area contributed by atoms with Crippen LogP contribution in [0.4, 0.5) is 0 Å². The summed E-state index contributed by atoms with van der Waals surface area (Å²) in [5, 5.41) is 3.76.